The number of nitrogens with zero attached hydrogens (tertiary/aromatic N) is 2. The van der Waals surface area contributed by atoms with Crippen molar-refractivity contribution in [3.63, 3.8) is 0 Å². The molecular weight excluding hydrogens is 374 g/mol. The number of likely N-dealkylation sites (tertiary alicyclic amines) is 1. The summed E-state index contributed by atoms with van der Waals surface area (Å²) in [5.41, 5.74) is 0.272. The Morgan fingerprint density at radius 2 is 2.04 bits per heavy atom. The molecule has 2 rings (SSSR count). The van der Waals surface area contributed by atoms with Crippen LogP contribution in [0, 0.1) is 12.8 Å². The van der Waals surface area contributed by atoms with Crippen LogP contribution in [0.15, 0.2) is 16.7 Å². The van der Waals surface area contributed by atoms with Crippen molar-refractivity contribution in [1.82, 2.24) is 9.88 Å². The highest BCUT2D eigenvalue weighted by Crippen LogP contribution is 2.26. The third-order valence-electron chi connectivity index (χ3n) is 3.75. The number of amides is 2. The van der Waals surface area contributed by atoms with Gasteiger partial charge in [-0.2, -0.15) is 0 Å². The monoisotopic (exact) mass is 397 g/mol. The first-order valence-electron chi connectivity index (χ1n) is 8.00. The minimum atomic E-state index is -0.591. The van der Waals surface area contributed by atoms with Gasteiger partial charge in [0, 0.05) is 6.54 Å². The lowest BCUT2D eigenvalue weighted by molar-refractivity contribution is -0.120. The highest BCUT2D eigenvalue weighted by molar-refractivity contribution is 9.10. The van der Waals surface area contributed by atoms with Gasteiger partial charge in [-0.25, -0.2) is 9.78 Å². The van der Waals surface area contributed by atoms with Crippen molar-refractivity contribution in [2.24, 2.45) is 5.92 Å². The largest absolute Gasteiger partial charge is 0.444 e. The maximum absolute atomic E-state index is 12.7. The zero-order valence-corrected chi connectivity index (χ0v) is 16.3. The third kappa shape index (κ3) is 4.69. The van der Waals surface area contributed by atoms with Gasteiger partial charge in [0.1, 0.15) is 22.1 Å². The molecule has 2 amide bonds. The molecule has 1 aromatic heterocycles. The van der Waals surface area contributed by atoms with E-state index in [2.05, 4.69) is 26.2 Å². The van der Waals surface area contributed by atoms with Gasteiger partial charge in [-0.1, -0.05) is 13.0 Å². The lowest BCUT2D eigenvalue weighted by atomic mass is 10.1. The lowest BCUT2D eigenvalue weighted by Crippen LogP contribution is -2.45. The van der Waals surface area contributed by atoms with Crippen molar-refractivity contribution >= 4 is 33.7 Å². The Bertz CT molecular complexity index is 642. The number of aryl methyl sites for hydroxylation is 1. The van der Waals surface area contributed by atoms with Gasteiger partial charge in [0.15, 0.2) is 0 Å². The van der Waals surface area contributed by atoms with Gasteiger partial charge in [0.2, 0.25) is 5.91 Å². The molecule has 1 aromatic rings. The van der Waals surface area contributed by atoms with Crippen LogP contribution in [0.25, 0.3) is 0 Å². The second kappa shape index (κ2) is 7.09. The number of aromatic nitrogens is 1. The average molecular weight is 398 g/mol. The van der Waals surface area contributed by atoms with Crippen LogP contribution in [0.3, 0.4) is 0 Å². The maximum atomic E-state index is 12.7. The number of ether oxygens (including phenoxy) is 1. The Morgan fingerprint density at radius 1 is 1.38 bits per heavy atom. The minimum Gasteiger partial charge on any atom is -0.444 e. The quantitative estimate of drug-likeness (QED) is 0.771. The summed E-state index contributed by atoms with van der Waals surface area (Å²) in [7, 11) is 0. The van der Waals surface area contributed by atoms with Gasteiger partial charge in [-0.3, -0.25) is 9.69 Å². The van der Waals surface area contributed by atoms with E-state index in [0.29, 0.717) is 23.4 Å². The first kappa shape index (κ1) is 18.7. The topological polar surface area (TPSA) is 71.5 Å². The smallest absolute Gasteiger partial charge is 0.410 e. The highest BCUT2D eigenvalue weighted by Gasteiger charge is 2.40. The Labute approximate surface area is 151 Å². The molecule has 132 valence electrons. The van der Waals surface area contributed by atoms with E-state index in [1.807, 2.05) is 46.8 Å². The molecule has 0 aromatic carbocycles. The Hall–Kier alpha value is -1.63. The van der Waals surface area contributed by atoms with Crippen molar-refractivity contribution in [3.8, 4) is 0 Å². The second-order valence-electron chi connectivity index (χ2n) is 7.28. The number of nitrogens with one attached hydrogen (secondary N) is 1. The van der Waals surface area contributed by atoms with Gasteiger partial charge in [0.25, 0.3) is 0 Å². The molecule has 1 saturated heterocycles. The fourth-order valence-corrected chi connectivity index (χ4v) is 2.96. The highest BCUT2D eigenvalue weighted by atomic mass is 79.9. The molecule has 7 heteroatoms. The third-order valence-corrected chi connectivity index (χ3v) is 4.19. The van der Waals surface area contributed by atoms with E-state index in [1.165, 1.54) is 4.90 Å². The summed E-state index contributed by atoms with van der Waals surface area (Å²) in [6.45, 7) is 9.85. The molecule has 2 heterocycles. The number of hydrogen-bond donors (Lipinski definition) is 1. The molecule has 1 N–H and O–H groups in total. The summed E-state index contributed by atoms with van der Waals surface area (Å²) in [5, 5.41) is 2.83. The lowest BCUT2D eigenvalue weighted by Gasteiger charge is -2.28. The summed E-state index contributed by atoms with van der Waals surface area (Å²) < 4.78 is 6.07. The van der Waals surface area contributed by atoms with E-state index in [9.17, 15) is 9.59 Å². The zero-order valence-electron chi connectivity index (χ0n) is 14.7. The molecule has 2 unspecified atom stereocenters. The molecule has 0 aliphatic carbocycles. The van der Waals surface area contributed by atoms with Crippen molar-refractivity contribution in [2.45, 2.75) is 52.7 Å². The number of halogens is 1. The predicted molar refractivity (Wildman–Crippen MR) is 95.8 cm³/mol. The molecule has 0 radical (unpaired) electrons. The van der Waals surface area contributed by atoms with Crippen molar-refractivity contribution < 1.29 is 14.3 Å². The fraction of sp³-hybridized carbons (Fsp3) is 0.588. The van der Waals surface area contributed by atoms with Crippen LogP contribution < -0.4 is 5.32 Å². The number of rotatable bonds is 2. The Morgan fingerprint density at radius 3 is 2.67 bits per heavy atom. The molecule has 1 aliphatic rings. The number of hydrogen-bond acceptors (Lipinski definition) is 4. The van der Waals surface area contributed by atoms with Gasteiger partial charge in [0.05, 0.1) is 0 Å². The second-order valence-corrected chi connectivity index (χ2v) is 8.09. The van der Waals surface area contributed by atoms with Crippen LogP contribution in [-0.2, 0) is 9.53 Å². The molecule has 0 saturated carbocycles. The Kier molecular flexibility index (Phi) is 5.52. The van der Waals surface area contributed by atoms with E-state index < -0.39 is 17.7 Å². The van der Waals surface area contributed by atoms with Gasteiger partial charge < -0.3 is 10.1 Å². The summed E-state index contributed by atoms with van der Waals surface area (Å²) >= 11 is 3.30. The van der Waals surface area contributed by atoms with Crippen LogP contribution in [-0.4, -0.2) is 40.1 Å². The zero-order chi connectivity index (χ0) is 18.1. The molecule has 6 nitrogen and oxygen atoms in total. The maximum Gasteiger partial charge on any atom is 0.410 e. The molecule has 24 heavy (non-hydrogen) atoms. The first-order chi connectivity index (χ1) is 11.1. The van der Waals surface area contributed by atoms with Crippen molar-refractivity contribution in [2.75, 3.05) is 11.9 Å². The van der Waals surface area contributed by atoms with Crippen molar-refractivity contribution in [1.29, 1.82) is 0 Å². The standard InChI is InChI=1S/C17H24BrN3O3/c1-10-8-12(21(9-10)16(23)24-17(3,4)5)15(22)20-14-11(2)6-7-13(18)19-14/h6-7,10,12H,8-9H2,1-5H3,(H,19,20,22). The van der Waals surface area contributed by atoms with Crippen LogP contribution >= 0.6 is 15.9 Å². The minimum absolute atomic E-state index is 0.237. The summed E-state index contributed by atoms with van der Waals surface area (Å²) in [4.78, 5) is 30.9. The van der Waals surface area contributed by atoms with Gasteiger partial charge >= 0.3 is 6.09 Å². The van der Waals surface area contributed by atoms with Gasteiger partial charge in [-0.05, 0) is 67.6 Å². The number of carbonyl (C=O) groups excluding carboxylic acids is 2. The van der Waals surface area contributed by atoms with Crippen LogP contribution in [0.5, 0.6) is 0 Å². The van der Waals surface area contributed by atoms with Gasteiger partial charge in [-0.15, -0.1) is 0 Å². The van der Waals surface area contributed by atoms with Crippen LogP contribution in [0.4, 0.5) is 10.6 Å². The molecule has 1 aliphatic heterocycles. The van der Waals surface area contributed by atoms with Crippen LogP contribution in [0.2, 0.25) is 0 Å². The Balaban J connectivity index is 2.14. The number of pyridine rings is 1. The SMILES string of the molecule is Cc1ccc(Br)nc1NC(=O)C1CC(C)CN1C(=O)OC(C)(C)C. The number of anilines is 1. The first-order valence-corrected chi connectivity index (χ1v) is 8.80. The molecule has 2 atom stereocenters. The summed E-state index contributed by atoms with van der Waals surface area (Å²) in [6.07, 6.45) is 0.156. The van der Waals surface area contributed by atoms with E-state index >= 15 is 0 Å². The molecule has 0 spiro atoms. The van der Waals surface area contributed by atoms with Crippen molar-refractivity contribution in [3.05, 3.63) is 22.3 Å². The van der Waals surface area contributed by atoms with E-state index in [0.717, 1.165) is 5.56 Å². The summed E-state index contributed by atoms with van der Waals surface area (Å²) in [6, 6.07) is 3.14. The molecule has 0 bridgehead atoms. The normalized spacial score (nSPS) is 20.8. The molecule has 1 fully saturated rings. The number of carbonyl (C=O) groups is 2. The van der Waals surface area contributed by atoms with Crippen LogP contribution in [0.1, 0.15) is 39.7 Å². The average Bonchev–Trinajstić information content (AvgIpc) is 2.83. The van der Waals surface area contributed by atoms with E-state index in [-0.39, 0.29) is 11.8 Å². The van der Waals surface area contributed by atoms with E-state index in [4.69, 9.17) is 4.74 Å². The molecular formula is C17H24BrN3O3. The summed E-state index contributed by atoms with van der Waals surface area (Å²) in [5.74, 6) is 0.502. The fourth-order valence-electron chi connectivity index (χ4n) is 2.65. The predicted octanol–water partition coefficient (Wildman–Crippen LogP) is 3.74. The van der Waals surface area contributed by atoms with E-state index in [1.54, 1.807) is 0 Å².